The highest BCUT2D eigenvalue weighted by Crippen LogP contribution is 2.22. The van der Waals surface area contributed by atoms with E-state index in [1.165, 1.54) is 18.3 Å². The fourth-order valence-corrected chi connectivity index (χ4v) is 1.22. The summed E-state index contributed by atoms with van der Waals surface area (Å²) in [6.45, 7) is 0. The van der Waals surface area contributed by atoms with E-state index in [0.29, 0.717) is 16.9 Å². The van der Waals surface area contributed by atoms with Gasteiger partial charge in [0, 0.05) is 13.1 Å². The van der Waals surface area contributed by atoms with Crippen LogP contribution in [0.3, 0.4) is 0 Å². The highest BCUT2D eigenvalue weighted by molar-refractivity contribution is 6.29. The fourth-order valence-electron chi connectivity index (χ4n) is 1.10. The standard InChI is InChI=1S/C10H8ClFN2O/c1-14-9(11)6-13-10(14)15-8-4-2-3-7(12)5-8/h2-6H,1H3. The maximum atomic E-state index is 12.8. The number of halogens is 2. The van der Waals surface area contributed by atoms with Crippen LogP contribution in [0.4, 0.5) is 4.39 Å². The molecular formula is C10H8ClFN2O. The average molecular weight is 227 g/mol. The fraction of sp³-hybridized carbons (Fsp3) is 0.100. The summed E-state index contributed by atoms with van der Waals surface area (Å²) in [4.78, 5) is 3.93. The van der Waals surface area contributed by atoms with Crippen LogP contribution in [-0.2, 0) is 7.05 Å². The lowest BCUT2D eigenvalue weighted by Crippen LogP contribution is -1.94. The second-order valence-electron chi connectivity index (χ2n) is 2.98. The quantitative estimate of drug-likeness (QED) is 0.787. The van der Waals surface area contributed by atoms with Gasteiger partial charge in [-0.3, -0.25) is 4.57 Å². The van der Waals surface area contributed by atoms with Gasteiger partial charge in [-0.1, -0.05) is 17.7 Å². The van der Waals surface area contributed by atoms with Crippen LogP contribution in [0.25, 0.3) is 0 Å². The molecule has 0 unspecified atom stereocenters. The van der Waals surface area contributed by atoms with E-state index in [-0.39, 0.29) is 5.82 Å². The van der Waals surface area contributed by atoms with Crippen LogP contribution in [0.1, 0.15) is 0 Å². The van der Waals surface area contributed by atoms with Crippen molar-refractivity contribution in [2.75, 3.05) is 0 Å². The average Bonchev–Trinajstić information content (AvgIpc) is 2.50. The lowest BCUT2D eigenvalue weighted by atomic mass is 10.3. The predicted octanol–water partition coefficient (Wildman–Crippen LogP) is 3.00. The molecule has 0 spiro atoms. The number of rotatable bonds is 2. The first-order chi connectivity index (χ1) is 7.16. The summed E-state index contributed by atoms with van der Waals surface area (Å²) in [7, 11) is 1.71. The molecule has 0 N–H and O–H groups in total. The summed E-state index contributed by atoms with van der Waals surface area (Å²) in [5.41, 5.74) is 0. The molecule has 0 saturated heterocycles. The zero-order valence-corrected chi connectivity index (χ0v) is 8.70. The van der Waals surface area contributed by atoms with Gasteiger partial charge in [0.15, 0.2) is 0 Å². The smallest absolute Gasteiger partial charge is 0.302 e. The van der Waals surface area contributed by atoms with Crippen molar-refractivity contribution in [3.63, 3.8) is 0 Å². The number of imidazole rings is 1. The Hall–Kier alpha value is -1.55. The highest BCUT2D eigenvalue weighted by atomic mass is 35.5. The van der Waals surface area contributed by atoms with E-state index in [1.807, 2.05) is 0 Å². The molecule has 1 aromatic heterocycles. The first-order valence-electron chi connectivity index (χ1n) is 4.27. The molecule has 0 amide bonds. The van der Waals surface area contributed by atoms with Crippen LogP contribution in [0.2, 0.25) is 5.15 Å². The van der Waals surface area contributed by atoms with Crippen molar-refractivity contribution in [2.45, 2.75) is 0 Å². The molecule has 5 heteroatoms. The molecule has 0 radical (unpaired) electrons. The summed E-state index contributed by atoms with van der Waals surface area (Å²) in [5.74, 6) is 0.0353. The van der Waals surface area contributed by atoms with Gasteiger partial charge >= 0.3 is 6.01 Å². The van der Waals surface area contributed by atoms with Gasteiger partial charge in [-0.2, -0.15) is 0 Å². The summed E-state index contributed by atoms with van der Waals surface area (Å²) in [5, 5.41) is 0.460. The zero-order chi connectivity index (χ0) is 10.8. The van der Waals surface area contributed by atoms with Gasteiger partial charge in [0.25, 0.3) is 0 Å². The van der Waals surface area contributed by atoms with Crippen molar-refractivity contribution in [3.8, 4) is 11.8 Å². The first kappa shape index (κ1) is 9.98. The molecular weight excluding hydrogens is 219 g/mol. The molecule has 0 bridgehead atoms. The molecule has 0 saturated carbocycles. The molecule has 0 aliphatic heterocycles. The Morgan fingerprint density at radius 3 is 2.87 bits per heavy atom. The van der Waals surface area contributed by atoms with Gasteiger partial charge in [-0.25, -0.2) is 9.37 Å². The Kier molecular flexibility index (Phi) is 2.60. The van der Waals surface area contributed by atoms with Crippen molar-refractivity contribution in [2.24, 2.45) is 7.05 Å². The van der Waals surface area contributed by atoms with E-state index in [4.69, 9.17) is 16.3 Å². The van der Waals surface area contributed by atoms with Gasteiger partial charge in [0.2, 0.25) is 0 Å². The SMILES string of the molecule is Cn1c(Cl)cnc1Oc1cccc(F)c1. The second-order valence-corrected chi connectivity index (χ2v) is 3.37. The van der Waals surface area contributed by atoms with E-state index >= 15 is 0 Å². The summed E-state index contributed by atoms with van der Waals surface area (Å²) in [6.07, 6.45) is 1.47. The molecule has 2 rings (SSSR count). The minimum atomic E-state index is -0.354. The van der Waals surface area contributed by atoms with Gasteiger partial charge in [0.1, 0.15) is 16.7 Å². The van der Waals surface area contributed by atoms with Gasteiger partial charge < -0.3 is 4.74 Å². The van der Waals surface area contributed by atoms with Crippen LogP contribution in [0.15, 0.2) is 30.5 Å². The van der Waals surface area contributed by atoms with Crippen molar-refractivity contribution >= 4 is 11.6 Å². The molecule has 0 fully saturated rings. The Morgan fingerprint density at radius 2 is 2.27 bits per heavy atom. The lowest BCUT2D eigenvalue weighted by Gasteiger charge is -2.04. The van der Waals surface area contributed by atoms with E-state index in [1.54, 1.807) is 23.7 Å². The maximum Gasteiger partial charge on any atom is 0.302 e. The van der Waals surface area contributed by atoms with Crippen LogP contribution in [0.5, 0.6) is 11.8 Å². The largest absolute Gasteiger partial charge is 0.425 e. The summed E-state index contributed by atoms with van der Waals surface area (Å²) < 4.78 is 19.7. The third-order valence-corrected chi connectivity index (χ3v) is 2.25. The monoisotopic (exact) mass is 226 g/mol. The molecule has 15 heavy (non-hydrogen) atoms. The topological polar surface area (TPSA) is 27.1 Å². The third kappa shape index (κ3) is 2.10. The van der Waals surface area contributed by atoms with E-state index in [9.17, 15) is 4.39 Å². The highest BCUT2D eigenvalue weighted by Gasteiger charge is 2.06. The molecule has 78 valence electrons. The summed E-state index contributed by atoms with van der Waals surface area (Å²) in [6, 6.07) is 6.16. The van der Waals surface area contributed by atoms with Gasteiger partial charge in [-0.05, 0) is 12.1 Å². The number of aromatic nitrogens is 2. The van der Waals surface area contributed by atoms with E-state index in [0.717, 1.165) is 0 Å². The minimum Gasteiger partial charge on any atom is -0.425 e. The first-order valence-corrected chi connectivity index (χ1v) is 4.65. The Balaban J connectivity index is 2.26. The molecule has 1 heterocycles. The second kappa shape index (κ2) is 3.90. The molecule has 3 nitrogen and oxygen atoms in total. The van der Waals surface area contributed by atoms with Gasteiger partial charge in [-0.15, -0.1) is 0 Å². The zero-order valence-electron chi connectivity index (χ0n) is 7.95. The van der Waals surface area contributed by atoms with Crippen LogP contribution >= 0.6 is 11.6 Å². The Labute approximate surface area is 91.1 Å². The van der Waals surface area contributed by atoms with Crippen LogP contribution in [-0.4, -0.2) is 9.55 Å². The number of nitrogens with zero attached hydrogens (tertiary/aromatic N) is 2. The van der Waals surface area contributed by atoms with Crippen molar-refractivity contribution in [1.29, 1.82) is 0 Å². The minimum absolute atomic E-state index is 0.325. The van der Waals surface area contributed by atoms with Crippen molar-refractivity contribution in [1.82, 2.24) is 9.55 Å². The van der Waals surface area contributed by atoms with Crippen molar-refractivity contribution in [3.05, 3.63) is 41.4 Å². The summed E-state index contributed by atoms with van der Waals surface area (Å²) >= 11 is 5.77. The van der Waals surface area contributed by atoms with Crippen LogP contribution in [0, 0.1) is 5.82 Å². The Bertz CT molecular complexity index is 484. The van der Waals surface area contributed by atoms with E-state index in [2.05, 4.69) is 4.98 Å². The normalized spacial score (nSPS) is 10.3. The van der Waals surface area contributed by atoms with Crippen molar-refractivity contribution < 1.29 is 9.13 Å². The van der Waals surface area contributed by atoms with E-state index < -0.39 is 0 Å². The predicted molar refractivity (Wildman–Crippen MR) is 54.7 cm³/mol. The number of hydrogen-bond acceptors (Lipinski definition) is 2. The maximum absolute atomic E-state index is 12.8. The van der Waals surface area contributed by atoms with Gasteiger partial charge in [0.05, 0.1) is 6.20 Å². The molecule has 2 aromatic rings. The van der Waals surface area contributed by atoms with Crippen LogP contribution < -0.4 is 4.74 Å². The molecule has 0 aliphatic rings. The Morgan fingerprint density at radius 1 is 1.47 bits per heavy atom. The molecule has 0 aliphatic carbocycles. The third-order valence-electron chi connectivity index (χ3n) is 1.89. The molecule has 1 aromatic carbocycles. The number of hydrogen-bond donors (Lipinski definition) is 0. The number of benzene rings is 1. The number of ether oxygens (including phenoxy) is 1. The lowest BCUT2D eigenvalue weighted by molar-refractivity contribution is 0.421. The molecule has 0 atom stereocenters.